The summed E-state index contributed by atoms with van der Waals surface area (Å²) in [5.41, 5.74) is 1.40. The van der Waals surface area contributed by atoms with Crippen LogP contribution in [0.5, 0.6) is 11.5 Å². The van der Waals surface area contributed by atoms with Gasteiger partial charge in [-0.25, -0.2) is 4.98 Å². The highest BCUT2D eigenvalue weighted by Gasteiger charge is 2.32. The van der Waals surface area contributed by atoms with Crippen LogP contribution in [0.15, 0.2) is 42.5 Å². The molecule has 2 aliphatic rings. The topological polar surface area (TPSA) is 80.8 Å². The van der Waals surface area contributed by atoms with Crippen molar-refractivity contribution >= 4 is 33.4 Å². The molecule has 2 aromatic carbocycles. The van der Waals surface area contributed by atoms with Crippen LogP contribution in [0.3, 0.4) is 0 Å². The molecule has 0 spiro atoms. The first-order chi connectivity index (χ1) is 14.2. The Kier molecular flexibility index (Phi) is 4.55. The summed E-state index contributed by atoms with van der Waals surface area (Å²) >= 11 is 1.63. The van der Waals surface area contributed by atoms with Crippen molar-refractivity contribution in [2.75, 3.05) is 19.9 Å². The van der Waals surface area contributed by atoms with E-state index in [1.807, 2.05) is 29.2 Å². The average Bonchev–Trinajstić information content (AvgIpc) is 3.49. The van der Waals surface area contributed by atoms with Crippen LogP contribution < -0.4 is 14.8 Å². The summed E-state index contributed by atoms with van der Waals surface area (Å²) in [7, 11) is 0. The molecule has 2 aliphatic heterocycles. The van der Waals surface area contributed by atoms with Crippen LogP contribution in [-0.4, -0.2) is 41.6 Å². The van der Waals surface area contributed by atoms with Gasteiger partial charge in [-0.2, -0.15) is 0 Å². The molecule has 148 valence electrons. The van der Waals surface area contributed by atoms with Crippen LogP contribution in [0.4, 0.5) is 0 Å². The van der Waals surface area contributed by atoms with Crippen LogP contribution in [-0.2, 0) is 4.79 Å². The fourth-order valence-electron chi connectivity index (χ4n) is 3.75. The normalized spacial score (nSPS) is 17.7. The number of aromatic nitrogens is 1. The highest BCUT2D eigenvalue weighted by Crippen LogP contribution is 2.36. The summed E-state index contributed by atoms with van der Waals surface area (Å²) in [6, 6.07) is 13.0. The van der Waals surface area contributed by atoms with Crippen molar-refractivity contribution in [2.24, 2.45) is 0 Å². The Labute approximate surface area is 171 Å². The van der Waals surface area contributed by atoms with E-state index < -0.39 is 0 Å². The number of nitrogens with zero attached hydrogens (tertiary/aromatic N) is 2. The van der Waals surface area contributed by atoms with Crippen LogP contribution >= 0.6 is 11.3 Å². The van der Waals surface area contributed by atoms with E-state index in [2.05, 4.69) is 5.32 Å². The molecule has 1 atom stereocenters. The first-order valence-electron chi connectivity index (χ1n) is 9.52. The lowest BCUT2D eigenvalue weighted by molar-refractivity contribution is -0.131. The Morgan fingerprint density at radius 1 is 1.17 bits per heavy atom. The van der Waals surface area contributed by atoms with Gasteiger partial charge in [0.1, 0.15) is 5.01 Å². The summed E-state index contributed by atoms with van der Waals surface area (Å²) < 4.78 is 11.7. The SMILES string of the molecule is O=C(NCC(=O)N1CCC[C@H]1c1nc2ccccc2s1)c1ccc2c(c1)OCO2. The summed E-state index contributed by atoms with van der Waals surface area (Å²) in [5, 5.41) is 3.68. The van der Waals surface area contributed by atoms with Gasteiger partial charge in [-0.3, -0.25) is 9.59 Å². The number of rotatable bonds is 4. The molecule has 3 heterocycles. The summed E-state index contributed by atoms with van der Waals surface area (Å²) in [5.74, 6) is 0.751. The minimum Gasteiger partial charge on any atom is -0.454 e. The summed E-state index contributed by atoms with van der Waals surface area (Å²) in [6.07, 6.45) is 1.82. The molecule has 1 N–H and O–H groups in total. The number of para-hydroxylation sites is 1. The highest BCUT2D eigenvalue weighted by atomic mass is 32.1. The number of likely N-dealkylation sites (tertiary alicyclic amines) is 1. The average molecular weight is 409 g/mol. The smallest absolute Gasteiger partial charge is 0.251 e. The van der Waals surface area contributed by atoms with Gasteiger partial charge in [0, 0.05) is 12.1 Å². The van der Waals surface area contributed by atoms with E-state index in [1.54, 1.807) is 29.5 Å². The van der Waals surface area contributed by atoms with Crippen molar-refractivity contribution in [2.45, 2.75) is 18.9 Å². The number of fused-ring (bicyclic) bond motifs is 2. The van der Waals surface area contributed by atoms with Gasteiger partial charge >= 0.3 is 0 Å². The number of nitrogens with one attached hydrogen (secondary N) is 1. The minimum absolute atomic E-state index is 0.0256. The molecule has 1 saturated heterocycles. The van der Waals surface area contributed by atoms with Crippen molar-refractivity contribution in [1.82, 2.24) is 15.2 Å². The molecular formula is C21H19N3O4S. The molecule has 1 fully saturated rings. The molecule has 1 aromatic heterocycles. The van der Waals surface area contributed by atoms with E-state index in [0.29, 0.717) is 23.6 Å². The Morgan fingerprint density at radius 3 is 2.93 bits per heavy atom. The number of amides is 2. The molecule has 3 aromatic rings. The minimum atomic E-state index is -0.313. The molecule has 0 saturated carbocycles. The van der Waals surface area contributed by atoms with Gasteiger partial charge in [0.2, 0.25) is 12.7 Å². The second-order valence-corrected chi connectivity index (χ2v) is 8.08. The predicted octanol–water partition coefficient (Wildman–Crippen LogP) is 3.12. The quantitative estimate of drug-likeness (QED) is 0.716. The molecule has 0 unspecified atom stereocenters. The van der Waals surface area contributed by atoms with E-state index in [-0.39, 0.29) is 31.2 Å². The van der Waals surface area contributed by atoms with E-state index >= 15 is 0 Å². The van der Waals surface area contributed by atoms with Gasteiger partial charge in [0.25, 0.3) is 5.91 Å². The molecule has 29 heavy (non-hydrogen) atoms. The first kappa shape index (κ1) is 17.9. The van der Waals surface area contributed by atoms with Gasteiger partial charge in [-0.1, -0.05) is 12.1 Å². The first-order valence-corrected chi connectivity index (χ1v) is 10.3. The van der Waals surface area contributed by atoms with Crippen molar-refractivity contribution in [1.29, 1.82) is 0 Å². The van der Waals surface area contributed by atoms with Crippen LogP contribution in [0.2, 0.25) is 0 Å². The van der Waals surface area contributed by atoms with Gasteiger partial charge in [-0.15, -0.1) is 11.3 Å². The zero-order chi connectivity index (χ0) is 19.8. The number of carbonyl (C=O) groups is 2. The van der Waals surface area contributed by atoms with Crippen molar-refractivity contribution in [3.63, 3.8) is 0 Å². The second-order valence-electron chi connectivity index (χ2n) is 7.02. The molecule has 2 amide bonds. The lowest BCUT2D eigenvalue weighted by atomic mass is 10.2. The second kappa shape index (κ2) is 7.36. The van der Waals surface area contributed by atoms with Gasteiger partial charge in [0.15, 0.2) is 11.5 Å². The van der Waals surface area contributed by atoms with Gasteiger partial charge in [0.05, 0.1) is 22.8 Å². The molecule has 0 aliphatic carbocycles. The maximum atomic E-state index is 12.8. The monoisotopic (exact) mass is 409 g/mol. The largest absolute Gasteiger partial charge is 0.454 e. The van der Waals surface area contributed by atoms with Crippen LogP contribution in [0, 0.1) is 0 Å². The summed E-state index contributed by atoms with van der Waals surface area (Å²) in [4.78, 5) is 31.8. The van der Waals surface area contributed by atoms with Crippen molar-refractivity contribution < 1.29 is 19.1 Å². The fraction of sp³-hybridized carbons (Fsp3) is 0.286. The van der Waals surface area contributed by atoms with E-state index in [1.165, 1.54) is 0 Å². The third kappa shape index (κ3) is 3.40. The third-order valence-electron chi connectivity index (χ3n) is 5.20. The number of benzene rings is 2. The Morgan fingerprint density at radius 2 is 2.03 bits per heavy atom. The Balaban J connectivity index is 1.25. The lowest BCUT2D eigenvalue weighted by Gasteiger charge is -2.23. The molecule has 8 heteroatoms. The van der Waals surface area contributed by atoms with E-state index in [4.69, 9.17) is 14.5 Å². The number of ether oxygens (including phenoxy) is 2. The van der Waals surface area contributed by atoms with E-state index in [9.17, 15) is 9.59 Å². The van der Waals surface area contributed by atoms with Gasteiger partial charge in [-0.05, 0) is 43.2 Å². The Hall–Kier alpha value is -3.13. The fourth-order valence-corrected chi connectivity index (χ4v) is 4.87. The zero-order valence-corrected chi connectivity index (χ0v) is 16.4. The van der Waals surface area contributed by atoms with E-state index in [0.717, 1.165) is 28.1 Å². The highest BCUT2D eigenvalue weighted by molar-refractivity contribution is 7.18. The van der Waals surface area contributed by atoms with Crippen LogP contribution in [0.25, 0.3) is 10.2 Å². The molecule has 0 bridgehead atoms. The van der Waals surface area contributed by atoms with Crippen molar-refractivity contribution in [3.8, 4) is 11.5 Å². The zero-order valence-electron chi connectivity index (χ0n) is 15.6. The number of carbonyl (C=O) groups excluding carboxylic acids is 2. The summed E-state index contributed by atoms with van der Waals surface area (Å²) in [6.45, 7) is 0.787. The molecule has 7 nitrogen and oxygen atoms in total. The molecular weight excluding hydrogens is 390 g/mol. The molecule has 0 radical (unpaired) electrons. The van der Waals surface area contributed by atoms with Crippen molar-refractivity contribution in [3.05, 3.63) is 53.0 Å². The lowest BCUT2D eigenvalue weighted by Crippen LogP contribution is -2.39. The predicted molar refractivity (Wildman–Crippen MR) is 108 cm³/mol. The molecule has 5 rings (SSSR count). The standard InChI is InChI=1S/C21H19N3O4S/c25-19(11-22-20(26)13-7-8-16-17(10-13)28-12-27-16)24-9-3-5-15(24)21-23-14-4-1-2-6-18(14)29-21/h1-2,4,6-8,10,15H,3,5,9,11-12H2,(H,22,26)/t15-/m0/s1. The van der Waals surface area contributed by atoms with Crippen LogP contribution in [0.1, 0.15) is 34.2 Å². The maximum Gasteiger partial charge on any atom is 0.251 e. The number of hydrogen-bond donors (Lipinski definition) is 1. The maximum absolute atomic E-state index is 12.8. The Bertz CT molecular complexity index is 1060. The number of thiazole rings is 1. The number of hydrogen-bond acceptors (Lipinski definition) is 6. The third-order valence-corrected chi connectivity index (χ3v) is 6.34. The van der Waals surface area contributed by atoms with Gasteiger partial charge < -0.3 is 19.7 Å².